The van der Waals surface area contributed by atoms with Gasteiger partial charge in [0.2, 0.25) is 0 Å². The maximum atomic E-state index is 13.5. The Kier molecular flexibility index (Phi) is 4.57. The molecule has 6 heteroatoms. The minimum atomic E-state index is -0.918. The van der Waals surface area contributed by atoms with Crippen molar-refractivity contribution in [3.05, 3.63) is 63.9 Å². The maximum Gasteiger partial charge on any atom is 0.173 e. The number of nitrogens with one attached hydrogen (secondary N) is 1. The van der Waals surface area contributed by atoms with Gasteiger partial charge in [0, 0.05) is 18.3 Å². The lowest BCUT2D eigenvalue weighted by Crippen LogP contribution is -2.30. The standard InChI is InChI=1S/C13H12BrF2N3/c14-12-9(4-5-10(15)13(12)16)11(19-17)7-8-3-1-2-6-18-8/h1-6,11,19H,7,17H2. The van der Waals surface area contributed by atoms with Crippen LogP contribution in [0.3, 0.4) is 0 Å². The van der Waals surface area contributed by atoms with Crippen molar-refractivity contribution in [1.29, 1.82) is 0 Å². The molecule has 0 radical (unpaired) electrons. The normalized spacial score (nSPS) is 12.4. The lowest BCUT2D eigenvalue weighted by Gasteiger charge is -2.18. The molecule has 0 fully saturated rings. The van der Waals surface area contributed by atoms with Crippen LogP contribution >= 0.6 is 15.9 Å². The van der Waals surface area contributed by atoms with Gasteiger partial charge in [-0.05, 0) is 39.7 Å². The number of pyridine rings is 1. The molecule has 3 nitrogen and oxygen atoms in total. The van der Waals surface area contributed by atoms with Crippen molar-refractivity contribution in [3.8, 4) is 0 Å². The van der Waals surface area contributed by atoms with Crippen LogP contribution in [0.2, 0.25) is 0 Å². The summed E-state index contributed by atoms with van der Waals surface area (Å²) in [6.45, 7) is 0. The highest BCUT2D eigenvalue weighted by Gasteiger charge is 2.18. The third kappa shape index (κ3) is 3.15. The van der Waals surface area contributed by atoms with Crippen molar-refractivity contribution < 1.29 is 8.78 Å². The fraction of sp³-hybridized carbons (Fsp3) is 0.154. The van der Waals surface area contributed by atoms with E-state index >= 15 is 0 Å². The van der Waals surface area contributed by atoms with E-state index in [0.29, 0.717) is 12.0 Å². The topological polar surface area (TPSA) is 50.9 Å². The first-order valence-corrected chi connectivity index (χ1v) is 6.42. The van der Waals surface area contributed by atoms with Gasteiger partial charge < -0.3 is 0 Å². The van der Waals surface area contributed by atoms with Gasteiger partial charge in [-0.1, -0.05) is 12.1 Å². The molecule has 1 heterocycles. The van der Waals surface area contributed by atoms with Gasteiger partial charge in [0.05, 0.1) is 10.5 Å². The van der Waals surface area contributed by atoms with Crippen LogP contribution in [0.1, 0.15) is 17.3 Å². The summed E-state index contributed by atoms with van der Waals surface area (Å²) < 4.78 is 26.7. The van der Waals surface area contributed by atoms with E-state index in [1.165, 1.54) is 6.07 Å². The highest BCUT2D eigenvalue weighted by molar-refractivity contribution is 9.10. The number of nitrogens with zero attached hydrogens (tertiary/aromatic N) is 1. The van der Waals surface area contributed by atoms with Crippen molar-refractivity contribution in [1.82, 2.24) is 10.4 Å². The van der Waals surface area contributed by atoms with Crippen LogP contribution in [0.4, 0.5) is 8.78 Å². The van der Waals surface area contributed by atoms with Crippen molar-refractivity contribution in [2.75, 3.05) is 0 Å². The SMILES string of the molecule is NNC(Cc1ccccn1)c1ccc(F)c(F)c1Br. The Hall–Kier alpha value is -1.37. The Labute approximate surface area is 117 Å². The molecule has 2 aromatic rings. The molecule has 0 saturated carbocycles. The largest absolute Gasteiger partial charge is 0.271 e. The monoisotopic (exact) mass is 327 g/mol. The van der Waals surface area contributed by atoms with E-state index in [0.717, 1.165) is 11.8 Å². The molecule has 19 heavy (non-hydrogen) atoms. The fourth-order valence-electron chi connectivity index (χ4n) is 1.80. The fourth-order valence-corrected chi connectivity index (χ4v) is 2.39. The van der Waals surface area contributed by atoms with Crippen LogP contribution in [0.5, 0.6) is 0 Å². The van der Waals surface area contributed by atoms with Crippen LogP contribution in [-0.2, 0) is 6.42 Å². The first-order chi connectivity index (χ1) is 9.13. The van der Waals surface area contributed by atoms with Gasteiger partial charge in [0.1, 0.15) is 0 Å². The van der Waals surface area contributed by atoms with Gasteiger partial charge in [-0.15, -0.1) is 0 Å². The molecule has 1 aromatic carbocycles. The van der Waals surface area contributed by atoms with Crippen LogP contribution in [0, 0.1) is 11.6 Å². The molecule has 0 aliphatic carbocycles. The van der Waals surface area contributed by atoms with E-state index in [-0.39, 0.29) is 10.5 Å². The zero-order valence-corrected chi connectivity index (χ0v) is 11.5. The van der Waals surface area contributed by atoms with Gasteiger partial charge in [-0.3, -0.25) is 16.3 Å². The molecule has 0 aliphatic rings. The second kappa shape index (κ2) is 6.18. The molecule has 100 valence electrons. The number of benzene rings is 1. The second-order valence-corrected chi connectivity index (χ2v) is 4.80. The first-order valence-electron chi connectivity index (χ1n) is 5.63. The molecule has 0 spiro atoms. The van der Waals surface area contributed by atoms with E-state index in [9.17, 15) is 8.78 Å². The van der Waals surface area contributed by atoms with E-state index in [2.05, 4.69) is 26.3 Å². The van der Waals surface area contributed by atoms with Gasteiger partial charge in [0.25, 0.3) is 0 Å². The first kappa shape index (κ1) is 14.0. The predicted molar refractivity (Wildman–Crippen MR) is 72.1 cm³/mol. The molecular formula is C13H12BrF2N3. The summed E-state index contributed by atoms with van der Waals surface area (Å²) in [5, 5.41) is 0. The molecule has 1 aromatic heterocycles. The molecule has 0 saturated heterocycles. The second-order valence-electron chi connectivity index (χ2n) is 4.01. The van der Waals surface area contributed by atoms with Crippen molar-refractivity contribution in [2.24, 2.45) is 5.84 Å². The molecule has 2 rings (SSSR count). The summed E-state index contributed by atoms with van der Waals surface area (Å²) >= 11 is 3.05. The summed E-state index contributed by atoms with van der Waals surface area (Å²) in [5.74, 6) is 3.68. The molecule has 1 atom stereocenters. The Morgan fingerprint density at radius 2 is 2.05 bits per heavy atom. The average Bonchev–Trinajstić information content (AvgIpc) is 2.44. The highest BCUT2D eigenvalue weighted by atomic mass is 79.9. The third-order valence-electron chi connectivity index (χ3n) is 2.78. The predicted octanol–water partition coefficient (Wildman–Crippen LogP) is 2.87. The minimum absolute atomic E-state index is 0.0754. The Balaban J connectivity index is 2.30. The van der Waals surface area contributed by atoms with E-state index in [1.807, 2.05) is 18.2 Å². The van der Waals surface area contributed by atoms with E-state index in [1.54, 1.807) is 6.20 Å². The summed E-state index contributed by atoms with van der Waals surface area (Å²) in [7, 11) is 0. The quantitative estimate of drug-likeness (QED) is 0.515. The number of halogens is 3. The Morgan fingerprint density at radius 1 is 1.26 bits per heavy atom. The Morgan fingerprint density at radius 3 is 2.68 bits per heavy atom. The van der Waals surface area contributed by atoms with Gasteiger partial charge >= 0.3 is 0 Å². The van der Waals surface area contributed by atoms with Crippen LogP contribution in [0.25, 0.3) is 0 Å². The van der Waals surface area contributed by atoms with E-state index < -0.39 is 11.6 Å². The van der Waals surface area contributed by atoms with Gasteiger partial charge in [-0.2, -0.15) is 0 Å². The maximum absolute atomic E-state index is 13.5. The van der Waals surface area contributed by atoms with Crippen LogP contribution in [-0.4, -0.2) is 4.98 Å². The zero-order valence-electron chi connectivity index (χ0n) is 9.91. The van der Waals surface area contributed by atoms with Gasteiger partial charge in [-0.25, -0.2) is 8.78 Å². The molecule has 0 bridgehead atoms. The molecule has 0 amide bonds. The lowest BCUT2D eigenvalue weighted by molar-refractivity contribution is 0.490. The highest BCUT2D eigenvalue weighted by Crippen LogP contribution is 2.29. The summed E-state index contributed by atoms with van der Waals surface area (Å²) in [6.07, 6.45) is 2.14. The number of hydrogen-bond acceptors (Lipinski definition) is 3. The number of rotatable bonds is 4. The summed E-state index contributed by atoms with van der Waals surface area (Å²) in [5.41, 5.74) is 3.95. The number of nitrogens with two attached hydrogens (primary N) is 1. The smallest absolute Gasteiger partial charge is 0.173 e. The molecular weight excluding hydrogens is 316 g/mol. The zero-order chi connectivity index (χ0) is 13.8. The van der Waals surface area contributed by atoms with Crippen LogP contribution < -0.4 is 11.3 Å². The number of aromatic nitrogens is 1. The molecule has 3 N–H and O–H groups in total. The average molecular weight is 328 g/mol. The van der Waals surface area contributed by atoms with Crippen LogP contribution in [0.15, 0.2) is 41.0 Å². The number of hydrazine groups is 1. The Bertz CT molecular complexity index is 563. The summed E-state index contributed by atoms with van der Waals surface area (Å²) in [4.78, 5) is 4.18. The van der Waals surface area contributed by atoms with Crippen molar-refractivity contribution in [3.63, 3.8) is 0 Å². The van der Waals surface area contributed by atoms with E-state index in [4.69, 9.17) is 5.84 Å². The number of hydrogen-bond donors (Lipinski definition) is 2. The third-order valence-corrected chi connectivity index (χ3v) is 3.59. The van der Waals surface area contributed by atoms with Gasteiger partial charge in [0.15, 0.2) is 11.6 Å². The lowest BCUT2D eigenvalue weighted by atomic mass is 10.0. The van der Waals surface area contributed by atoms with Crippen molar-refractivity contribution in [2.45, 2.75) is 12.5 Å². The molecule has 0 aliphatic heterocycles. The molecule has 1 unspecified atom stereocenters. The minimum Gasteiger partial charge on any atom is -0.271 e. The summed E-state index contributed by atoms with van der Waals surface area (Å²) in [6, 6.07) is 7.73. The van der Waals surface area contributed by atoms with Crippen molar-refractivity contribution >= 4 is 15.9 Å².